The first-order chi connectivity index (χ1) is 9.10. The van der Waals surface area contributed by atoms with Crippen molar-refractivity contribution in [1.29, 1.82) is 0 Å². The molecule has 5 nitrogen and oxygen atoms in total. The van der Waals surface area contributed by atoms with Crippen molar-refractivity contribution in [2.24, 2.45) is 0 Å². The summed E-state index contributed by atoms with van der Waals surface area (Å²) in [5, 5.41) is 0. The van der Waals surface area contributed by atoms with Gasteiger partial charge in [-0.15, -0.1) is 0 Å². The van der Waals surface area contributed by atoms with Gasteiger partial charge in [0, 0.05) is 10.5 Å². The van der Waals surface area contributed by atoms with Crippen LogP contribution in [0.1, 0.15) is 10.4 Å². The van der Waals surface area contributed by atoms with Crippen molar-refractivity contribution < 1.29 is 14.3 Å². The van der Waals surface area contributed by atoms with Crippen molar-refractivity contribution in [3.8, 4) is 11.6 Å². The van der Waals surface area contributed by atoms with Crippen LogP contribution in [0.3, 0.4) is 0 Å². The van der Waals surface area contributed by atoms with E-state index in [9.17, 15) is 4.79 Å². The maximum absolute atomic E-state index is 11.5. The number of nitrogen functional groups attached to an aromatic ring is 1. The molecule has 1 aromatic carbocycles. The molecule has 0 aliphatic carbocycles. The van der Waals surface area contributed by atoms with Crippen LogP contribution in [-0.4, -0.2) is 18.1 Å². The highest BCUT2D eigenvalue weighted by Gasteiger charge is 2.12. The summed E-state index contributed by atoms with van der Waals surface area (Å²) in [4.78, 5) is 15.5. The van der Waals surface area contributed by atoms with E-state index in [2.05, 4.69) is 25.7 Å². The highest BCUT2D eigenvalue weighted by atomic mass is 79.9. The molecule has 2 rings (SSSR count). The number of hydrogen-bond donors (Lipinski definition) is 1. The molecule has 6 heteroatoms. The molecule has 0 saturated carbocycles. The number of aromatic nitrogens is 1. The molecule has 0 unspecified atom stereocenters. The molecule has 0 radical (unpaired) electrons. The topological polar surface area (TPSA) is 74.4 Å². The molecule has 19 heavy (non-hydrogen) atoms. The van der Waals surface area contributed by atoms with Gasteiger partial charge in [0.25, 0.3) is 0 Å². The zero-order chi connectivity index (χ0) is 13.8. The third kappa shape index (κ3) is 3.23. The van der Waals surface area contributed by atoms with Crippen molar-refractivity contribution in [3.63, 3.8) is 0 Å². The first-order valence-corrected chi connectivity index (χ1v) is 6.16. The monoisotopic (exact) mass is 322 g/mol. The molecule has 0 amide bonds. The van der Waals surface area contributed by atoms with E-state index in [0.717, 1.165) is 4.47 Å². The second kappa shape index (κ2) is 5.71. The smallest absolute Gasteiger partial charge is 0.340 e. The molecule has 2 N–H and O–H groups in total. The average Bonchev–Trinajstić information content (AvgIpc) is 2.40. The summed E-state index contributed by atoms with van der Waals surface area (Å²) in [6.07, 6.45) is 1.36. The van der Waals surface area contributed by atoms with Gasteiger partial charge >= 0.3 is 5.97 Å². The number of nitrogens with two attached hydrogens (primary N) is 1. The van der Waals surface area contributed by atoms with Gasteiger partial charge in [-0.2, -0.15) is 0 Å². The number of carbonyl (C=O) groups excluding carboxylic acids is 1. The Hall–Kier alpha value is -2.08. The van der Waals surface area contributed by atoms with Crippen LogP contribution in [0.15, 0.2) is 41.0 Å². The van der Waals surface area contributed by atoms with Crippen LogP contribution < -0.4 is 10.5 Å². The summed E-state index contributed by atoms with van der Waals surface area (Å²) >= 11 is 3.34. The SMILES string of the molecule is COC(=O)c1cc(Oc2cccc(Br)c2)ncc1N. The summed E-state index contributed by atoms with van der Waals surface area (Å²) in [7, 11) is 1.29. The zero-order valence-electron chi connectivity index (χ0n) is 10.1. The Kier molecular flexibility index (Phi) is 4.01. The van der Waals surface area contributed by atoms with Crippen LogP contribution in [0.4, 0.5) is 5.69 Å². The fourth-order valence-corrected chi connectivity index (χ4v) is 1.82. The summed E-state index contributed by atoms with van der Waals surface area (Å²) in [6, 6.07) is 8.72. The second-order valence-corrected chi connectivity index (χ2v) is 4.58. The number of hydrogen-bond acceptors (Lipinski definition) is 5. The Labute approximate surface area is 118 Å². The van der Waals surface area contributed by atoms with Crippen molar-refractivity contribution in [3.05, 3.63) is 46.6 Å². The molecule has 1 aromatic heterocycles. The minimum Gasteiger partial charge on any atom is -0.465 e. The Morgan fingerprint density at radius 2 is 2.16 bits per heavy atom. The molecule has 98 valence electrons. The summed E-state index contributed by atoms with van der Waals surface area (Å²) < 4.78 is 11.1. The summed E-state index contributed by atoms with van der Waals surface area (Å²) in [5.41, 5.74) is 6.13. The minimum atomic E-state index is -0.529. The number of benzene rings is 1. The molecule has 0 spiro atoms. The number of rotatable bonds is 3. The number of methoxy groups -OCH3 is 1. The molecule has 0 saturated heterocycles. The lowest BCUT2D eigenvalue weighted by Gasteiger charge is -2.08. The van der Waals surface area contributed by atoms with Crippen LogP contribution in [-0.2, 0) is 4.74 Å². The molecule has 0 aliphatic rings. The third-order valence-electron chi connectivity index (χ3n) is 2.33. The van der Waals surface area contributed by atoms with Crippen molar-refractivity contribution in [1.82, 2.24) is 4.98 Å². The Balaban J connectivity index is 2.29. The number of carbonyl (C=O) groups is 1. The van der Waals surface area contributed by atoms with Crippen LogP contribution in [0.2, 0.25) is 0 Å². The highest BCUT2D eigenvalue weighted by molar-refractivity contribution is 9.10. The van der Waals surface area contributed by atoms with Gasteiger partial charge in [0.15, 0.2) is 0 Å². The third-order valence-corrected chi connectivity index (χ3v) is 2.83. The lowest BCUT2D eigenvalue weighted by atomic mass is 10.2. The number of halogens is 1. The lowest BCUT2D eigenvalue weighted by Crippen LogP contribution is -2.06. The maximum atomic E-state index is 11.5. The van der Waals surface area contributed by atoms with Crippen LogP contribution >= 0.6 is 15.9 Å². The minimum absolute atomic E-state index is 0.225. The predicted octanol–water partition coefficient (Wildman–Crippen LogP) is 3.01. The van der Waals surface area contributed by atoms with E-state index < -0.39 is 5.97 Å². The molecule has 1 heterocycles. The number of esters is 1. The van der Waals surface area contributed by atoms with Gasteiger partial charge in [-0.1, -0.05) is 22.0 Å². The highest BCUT2D eigenvalue weighted by Crippen LogP contribution is 2.25. The largest absolute Gasteiger partial charge is 0.465 e. The molecule has 2 aromatic rings. The maximum Gasteiger partial charge on any atom is 0.340 e. The Morgan fingerprint density at radius 3 is 2.84 bits per heavy atom. The first kappa shape index (κ1) is 13.4. The van der Waals surface area contributed by atoms with Crippen molar-refractivity contribution in [2.75, 3.05) is 12.8 Å². The zero-order valence-corrected chi connectivity index (χ0v) is 11.7. The van der Waals surface area contributed by atoms with Gasteiger partial charge in [0.2, 0.25) is 5.88 Å². The number of nitrogens with zero attached hydrogens (tertiary/aromatic N) is 1. The van der Waals surface area contributed by atoms with E-state index in [4.69, 9.17) is 10.5 Å². The van der Waals surface area contributed by atoms with Gasteiger partial charge in [-0.05, 0) is 18.2 Å². The summed E-state index contributed by atoms with van der Waals surface area (Å²) in [5.74, 6) is 0.342. The Morgan fingerprint density at radius 1 is 1.37 bits per heavy atom. The molecule has 0 aliphatic heterocycles. The number of pyridine rings is 1. The molecule has 0 bridgehead atoms. The van der Waals surface area contributed by atoms with E-state index in [0.29, 0.717) is 5.75 Å². The van der Waals surface area contributed by atoms with E-state index >= 15 is 0 Å². The molecule has 0 atom stereocenters. The van der Waals surface area contributed by atoms with E-state index in [-0.39, 0.29) is 17.1 Å². The van der Waals surface area contributed by atoms with Gasteiger partial charge in [0.05, 0.1) is 24.6 Å². The first-order valence-electron chi connectivity index (χ1n) is 5.37. The van der Waals surface area contributed by atoms with Crippen LogP contribution in [0.5, 0.6) is 11.6 Å². The van der Waals surface area contributed by atoms with Gasteiger partial charge in [-0.3, -0.25) is 0 Å². The van der Waals surface area contributed by atoms with Crippen LogP contribution in [0, 0.1) is 0 Å². The standard InChI is InChI=1S/C13H11BrN2O3/c1-18-13(17)10-6-12(16-7-11(10)15)19-9-4-2-3-8(14)5-9/h2-7H,15H2,1H3. The van der Waals surface area contributed by atoms with Gasteiger partial charge < -0.3 is 15.2 Å². The van der Waals surface area contributed by atoms with Crippen molar-refractivity contribution >= 4 is 27.6 Å². The lowest BCUT2D eigenvalue weighted by molar-refractivity contribution is 0.0601. The quantitative estimate of drug-likeness (QED) is 0.879. The van der Waals surface area contributed by atoms with Gasteiger partial charge in [0.1, 0.15) is 5.75 Å². The molecular weight excluding hydrogens is 312 g/mol. The summed E-state index contributed by atoms with van der Waals surface area (Å²) in [6.45, 7) is 0. The average molecular weight is 323 g/mol. The van der Waals surface area contributed by atoms with Crippen molar-refractivity contribution in [2.45, 2.75) is 0 Å². The fraction of sp³-hybridized carbons (Fsp3) is 0.0769. The molecule has 0 fully saturated rings. The Bertz CT molecular complexity index is 617. The number of ether oxygens (including phenoxy) is 2. The molecular formula is C13H11BrN2O3. The number of anilines is 1. The second-order valence-electron chi connectivity index (χ2n) is 3.66. The van der Waals surface area contributed by atoms with E-state index in [1.54, 1.807) is 12.1 Å². The van der Waals surface area contributed by atoms with Gasteiger partial charge in [-0.25, -0.2) is 9.78 Å². The predicted molar refractivity (Wildman–Crippen MR) is 74.2 cm³/mol. The van der Waals surface area contributed by atoms with Crippen LogP contribution in [0.25, 0.3) is 0 Å². The van der Waals surface area contributed by atoms with E-state index in [1.165, 1.54) is 19.4 Å². The normalized spacial score (nSPS) is 10.0. The fourth-order valence-electron chi connectivity index (χ4n) is 1.44. The van der Waals surface area contributed by atoms with E-state index in [1.807, 2.05) is 12.1 Å².